The van der Waals surface area contributed by atoms with Crippen molar-refractivity contribution in [3.63, 3.8) is 0 Å². The highest BCUT2D eigenvalue weighted by Crippen LogP contribution is 2.36. The Hall–Kier alpha value is -6.70. The summed E-state index contributed by atoms with van der Waals surface area (Å²) in [6.45, 7) is 4.34. The van der Waals surface area contributed by atoms with Crippen molar-refractivity contribution in [1.29, 1.82) is 0 Å². The molecule has 0 aliphatic carbocycles. The van der Waals surface area contributed by atoms with Crippen LogP contribution in [0.1, 0.15) is 44.5 Å². The van der Waals surface area contributed by atoms with Crippen LogP contribution in [0, 0.1) is 13.8 Å². The van der Waals surface area contributed by atoms with Crippen LogP contribution in [0.3, 0.4) is 0 Å². The van der Waals surface area contributed by atoms with Gasteiger partial charge in [0.25, 0.3) is 0 Å². The van der Waals surface area contributed by atoms with Gasteiger partial charge >= 0.3 is 0 Å². The molecule has 256 valence electrons. The van der Waals surface area contributed by atoms with Gasteiger partial charge in [-0.15, -0.1) is 0 Å². The van der Waals surface area contributed by atoms with Crippen LogP contribution >= 0.6 is 0 Å². The van der Waals surface area contributed by atoms with Gasteiger partial charge in [-0.3, -0.25) is 0 Å². The van der Waals surface area contributed by atoms with E-state index in [1.54, 1.807) is 0 Å². The summed E-state index contributed by atoms with van der Waals surface area (Å²) in [6.07, 6.45) is 13.1. The number of anilines is 3. The summed E-state index contributed by atoms with van der Waals surface area (Å²) in [5, 5.41) is 0. The number of allylic oxidation sites excluding steroid dienone is 4. The number of rotatable bonds is 11. The number of hydrogen-bond donors (Lipinski definition) is 0. The molecule has 0 N–H and O–H groups in total. The smallest absolute Gasteiger partial charge is 0.0464 e. The molecule has 0 spiro atoms. The Morgan fingerprint density at radius 2 is 0.698 bits per heavy atom. The van der Waals surface area contributed by atoms with Gasteiger partial charge < -0.3 is 4.90 Å². The third-order valence-corrected chi connectivity index (χ3v) is 9.49. The maximum atomic E-state index is 2.33. The lowest BCUT2D eigenvalue weighted by atomic mass is 9.97. The van der Waals surface area contributed by atoms with Gasteiger partial charge in [0.15, 0.2) is 0 Å². The summed E-state index contributed by atoms with van der Waals surface area (Å²) >= 11 is 0. The Balaban J connectivity index is 1.15. The Bertz CT molecular complexity index is 2120. The summed E-state index contributed by atoms with van der Waals surface area (Å²) in [5.41, 5.74) is 15.4. The van der Waals surface area contributed by atoms with E-state index in [1.807, 2.05) is 0 Å². The minimum Gasteiger partial charge on any atom is -0.310 e. The largest absolute Gasteiger partial charge is 0.310 e. The molecule has 0 unspecified atom stereocenters. The standard InChI is InChI=1S/C52H43N/c1-40-29-34-50(39-41(40)2)53(48-35-30-42(31-36-48)17-15-27-51(44-19-7-3-8-20-44)45-21-9-4-10-22-45)49-37-32-43(33-38-49)18-16-28-52(46-23-11-5-12-24-46)47-25-13-6-14-26-47/h3-39H,1-2H3/b17-15+,18-16+. The second-order valence-electron chi connectivity index (χ2n) is 13.1. The number of aryl methyl sites for hydroxylation is 2. The first kappa shape index (κ1) is 34.7. The highest BCUT2D eigenvalue weighted by molar-refractivity contribution is 5.83. The van der Waals surface area contributed by atoms with E-state index >= 15 is 0 Å². The number of benzene rings is 7. The van der Waals surface area contributed by atoms with E-state index in [-0.39, 0.29) is 0 Å². The van der Waals surface area contributed by atoms with Gasteiger partial charge in [-0.25, -0.2) is 0 Å². The van der Waals surface area contributed by atoms with E-state index in [2.05, 4.69) is 243 Å². The quantitative estimate of drug-likeness (QED) is 0.123. The van der Waals surface area contributed by atoms with Gasteiger partial charge in [-0.1, -0.05) is 188 Å². The first-order chi connectivity index (χ1) is 26.1. The maximum Gasteiger partial charge on any atom is 0.0464 e. The third-order valence-electron chi connectivity index (χ3n) is 9.49. The van der Waals surface area contributed by atoms with Gasteiger partial charge in [0.2, 0.25) is 0 Å². The molecule has 1 nitrogen and oxygen atoms in total. The van der Waals surface area contributed by atoms with Crippen LogP contribution in [0.25, 0.3) is 23.3 Å². The molecule has 0 atom stereocenters. The molecule has 0 amide bonds. The van der Waals surface area contributed by atoms with Crippen LogP contribution in [0.5, 0.6) is 0 Å². The van der Waals surface area contributed by atoms with Crippen molar-refractivity contribution in [3.8, 4) is 0 Å². The Morgan fingerprint density at radius 1 is 0.358 bits per heavy atom. The zero-order valence-corrected chi connectivity index (χ0v) is 30.3. The third kappa shape index (κ3) is 8.79. The fourth-order valence-corrected chi connectivity index (χ4v) is 6.48. The molecule has 0 radical (unpaired) electrons. The van der Waals surface area contributed by atoms with E-state index < -0.39 is 0 Å². The number of hydrogen-bond acceptors (Lipinski definition) is 1. The first-order valence-corrected chi connectivity index (χ1v) is 18.2. The average Bonchev–Trinajstić information content (AvgIpc) is 3.22. The summed E-state index contributed by atoms with van der Waals surface area (Å²) < 4.78 is 0. The second kappa shape index (κ2) is 17.0. The first-order valence-electron chi connectivity index (χ1n) is 18.2. The fourth-order valence-electron chi connectivity index (χ4n) is 6.48. The average molecular weight is 682 g/mol. The number of nitrogens with zero attached hydrogens (tertiary/aromatic N) is 1. The molecule has 0 fully saturated rings. The molecule has 7 aromatic carbocycles. The SMILES string of the molecule is Cc1ccc(N(c2ccc(/C=C/C=C(c3ccccc3)c3ccccc3)cc2)c2ccc(/C=C/C=C(c3ccccc3)c3ccccc3)cc2)cc1C. The molecule has 0 aliphatic rings. The second-order valence-corrected chi connectivity index (χ2v) is 13.1. The molecule has 0 heterocycles. The van der Waals surface area contributed by atoms with Crippen LogP contribution in [-0.2, 0) is 0 Å². The van der Waals surface area contributed by atoms with Crippen LogP contribution in [0.15, 0.2) is 212 Å². The van der Waals surface area contributed by atoms with E-state index in [4.69, 9.17) is 0 Å². The molecule has 0 saturated carbocycles. The van der Waals surface area contributed by atoms with Crippen molar-refractivity contribution < 1.29 is 0 Å². The van der Waals surface area contributed by atoms with Gasteiger partial charge in [0.1, 0.15) is 0 Å². The summed E-state index contributed by atoms with van der Waals surface area (Å²) in [5.74, 6) is 0. The zero-order chi connectivity index (χ0) is 36.2. The minimum atomic E-state index is 1.11. The highest BCUT2D eigenvalue weighted by atomic mass is 15.1. The van der Waals surface area contributed by atoms with Crippen molar-refractivity contribution in [2.45, 2.75) is 13.8 Å². The molecule has 0 aliphatic heterocycles. The van der Waals surface area contributed by atoms with Crippen LogP contribution in [-0.4, -0.2) is 0 Å². The molecule has 0 saturated heterocycles. The van der Waals surface area contributed by atoms with Crippen molar-refractivity contribution in [3.05, 3.63) is 257 Å². The summed E-state index contributed by atoms with van der Waals surface area (Å²) in [6, 6.07) is 66.6. The lowest BCUT2D eigenvalue weighted by Gasteiger charge is -2.26. The van der Waals surface area contributed by atoms with Gasteiger partial charge in [-0.05, 0) is 106 Å². The van der Waals surface area contributed by atoms with Crippen molar-refractivity contribution in [2.75, 3.05) is 4.90 Å². The van der Waals surface area contributed by atoms with Crippen molar-refractivity contribution in [1.82, 2.24) is 0 Å². The molecule has 1 heteroatoms. The molecule has 0 bridgehead atoms. The van der Waals surface area contributed by atoms with Crippen LogP contribution < -0.4 is 4.90 Å². The van der Waals surface area contributed by atoms with Gasteiger partial charge in [-0.2, -0.15) is 0 Å². The molecular weight excluding hydrogens is 639 g/mol. The lowest BCUT2D eigenvalue weighted by molar-refractivity contribution is 1.25. The molecular formula is C52H43N. The monoisotopic (exact) mass is 681 g/mol. The molecule has 53 heavy (non-hydrogen) atoms. The van der Waals surface area contributed by atoms with Crippen molar-refractivity contribution >= 4 is 40.4 Å². The Kier molecular flexibility index (Phi) is 11.1. The lowest BCUT2D eigenvalue weighted by Crippen LogP contribution is -2.10. The van der Waals surface area contributed by atoms with Crippen LogP contribution in [0.4, 0.5) is 17.1 Å². The normalized spacial score (nSPS) is 11.1. The Morgan fingerprint density at radius 3 is 1.04 bits per heavy atom. The maximum absolute atomic E-state index is 2.33. The predicted octanol–water partition coefficient (Wildman–Crippen LogP) is 14.1. The predicted molar refractivity (Wildman–Crippen MR) is 229 cm³/mol. The molecule has 7 aromatic rings. The van der Waals surface area contributed by atoms with E-state index in [9.17, 15) is 0 Å². The van der Waals surface area contributed by atoms with Crippen molar-refractivity contribution in [2.24, 2.45) is 0 Å². The van der Waals surface area contributed by atoms with E-state index in [1.165, 1.54) is 44.5 Å². The summed E-state index contributed by atoms with van der Waals surface area (Å²) in [7, 11) is 0. The molecule has 0 aromatic heterocycles. The topological polar surface area (TPSA) is 3.24 Å². The minimum absolute atomic E-state index is 1.11. The summed E-state index contributed by atoms with van der Waals surface area (Å²) in [4.78, 5) is 2.33. The Labute approximate surface area is 314 Å². The van der Waals surface area contributed by atoms with Gasteiger partial charge in [0.05, 0.1) is 0 Å². The van der Waals surface area contributed by atoms with Crippen LogP contribution in [0.2, 0.25) is 0 Å². The fraction of sp³-hybridized carbons (Fsp3) is 0.0385. The molecule has 7 rings (SSSR count). The van der Waals surface area contributed by atoms with E-state index in [0.29, 0.717) is 0 Å². The highest BCUT2D eigenvalue weighted by Gasteiger charge is 2.13. The van der Waals surface area contributed by atoms with E-state index in [0.717, 1.165) is 28.2 Å². The van der Waals surface area contributed by atoms with Gasteiger partial charge in [0, 0.05) is 17.1 Å². The zero-order valence-electron chi connectivity index (χ0n) is 30.3.